The molecule has 3 rings (SSSR count). The predicted octanol–water partition coefficient (Wildman–Crippen LogP) is 3.99. The van der Waals surface area contributed by atoms with Gasteiger partial charge in [-0.25, -0.2) is 0 Å². The first-order chi connectivity index (χ1) is 11.8. The molecular formula is C20H27N3S. The molecule has 1 heterocycles. The van der Waals surface area contributed by atoms with Crippen molar-refractivity contribution in [3.05, 3.63) is 58.3 Å². The van der Waals surface area contributed by atoms with Crippen molar-refractivity contribution in [1.82, 2.24) is 10.2 Å². The Bertz CT molecular complexity index is 636. The van der Waals surface area contributed by atoms with Gasteiger partial charge in [-0.2, -0.15) is 0 Å². The second-order valence-electron chi connectivity index (χ2n) is 6.46. The Hall–Kier alpha value is -1.81. The number of benzene rings is 1. The molecule has 1 N–H and O–H groups in total. The number of guanidine groups is 1. The van der Waals surface area contributed by atoms with Crippen molar-refractivity contribution in [1.29, 1.82) is 0 Å². The molecule has 2 aromatic rings. The van der Waals surface area contributed by atoms with Gasteiger partial charge in [-0.05, 0) is 48.6 Å². The third-order valence-corrected chi connectivity index (χ3v) is 5.53. The van der Waals surface area contributed by atoms with Gasteiger partial charge in [0.05, 0.1) is 0 Å². The summed E-state index contributed by atoms with van der Waals surface area (Å²) in [5.41, 5.74) is 1.47. The molecule has 0 spiro atoms. The number of likely N-dealkylation sites (N-methyl/N-ethyl adjacent to an activating group) is 1. The van der Waals surface area contributed by atoms with Crippen molar-refractivity contribution >= 4 is 17.3 Å². The van der Waals surface area contributed by atoms with Crippen LogP contribution in [0.5, 0.6) is 0 Å². The van der Waals surface area contributed by atoms with E-state index in [0.717, 1.165) is 32.0 Å². The van der Waals surface area contributed by atoms with Gasteiger partial charge >= 0.3 is 0 Å². The maximum Gasteiger partial charge on any atom is 0.193 e. The van der Waals surface area contributed by atoms with E-state index in [1.807, 2.05) is 11.3 Å². The Labute approximate surface area is 149 Å². The van der Waals surface area contributed by atoms with Crippen molar-refractivity contribution in [3.63, 3.8) is 0 Å². The predicted molar refractivity (Wildman–Crippen MR) is 104 cm³/mol. The van der Waals surface area contributed by atoms with Gasteiger partial charge in [0.1, 0.15) is 0 Å². The standard InChI is InChI=1S/C20H27N3S/c1-3-21-20(23(2)12-11-18-10-7-13-24-18)22-15-17-14-19(17)16-8-5-4-6-9-16/h4-10,13,17,19H,3,11-12,14-15H2,1-2H3,(H,21,22). The van der Waals surface area contributed by atoms with Crippen LogP contribution in [0.25, 0.3) is 0 Å². The average molecular weight is 342 g/mol. The molecule has 0 radical (unpaired) electrons. The van der Waals surface area contributed by atoms with E-state index < -0.39 is 0 Å². The minimum atomic E-state index is 0.701. The SMILES string of the molecule is CCNC(=NCC1CC1c1ccccc1)N(C)CCc1cccs1. The van der Waals surface area contributed by atoms with Crippen molar-refractivity contribution in [2.24, 2.45) is 10.9 Å². The van der Waals surface area contributed by atoms with Gasteiger partial charge in [0, 0.05) is 31.6 Å². The maximum absolute atomic E-state index is 4.89. The quantitative estimate of drug-likeness (QED) is 0.609. The third kappa shape index (κ3) is 4.60. The van der Waals surface area contributed by atoms with Crippen molar-refractivity contribution < 1.29 is 0 Å². The van der Waals surface area contributed by atoms with Crippen LogP contribution in [0.3, 0.4) is 0 Å². The van der Waals surface area contributed by atoms with Gasteiger partial charge in [-0.3, -0.25) is 4.99 Å². The molecule has 0 aliphatic heterocycles. The van der Waals surface area contributed by atoms with Gasteiger partial charge in [0.15, 0.2) is 5.96 Å². The summed E-state index contributed by atoms with van der Waals surface area (Å²) in [5.74, 6) is 2.44. The molecule has 1 aromatic heterocycles. The highest BCUT2D eigenvalue weighted by Crippen LogP contribution is 2.47. The summed E-state index contributed by atoms with van der Waals surface area (Å²) in [5, 5.41) is 5.57. The number of hydrogen-bond donors (Lipinski definition) is 1. The largest absolute Gasteiger partial charge is 0.357 e. The first kappa shape index (κ1) is 17.0. The summed E-state index contributed by atoms with van der Waals surface area (Å²) in [7, 11) is 2.14. The highest BCUT2D eigenvalue weighted by molar-refractivity contribution is 7.09. The summed E-state index contributed by atoms with van der Waals surface area (Å²) in [6, 6.07) is 15.2. The lowest BCUT2D eigenvalue weighted by Gasteiger charge is -2.21. The Morgan fingerprint density at radius 3 is 2.79 bits per heavy atom. The molecule has 1 aromatic carbocycles. The van der Waals surface area contributed by atoms with Crippen LogP contribution in [-0.4, -0.2) is 37.5 Å². The van der Waals surface area contributed by atoms with Crippen LogP contribution in [0.15, 0.2) is 52.8 Å². The van der Waals surface area contributed by atoms with Crippen molar-refractivity contribution in [3.8, 4) is 0 Å². The molecular weight excluding hydrogens is 314 g/mol. The zero-order valence-corrected chi connectivity index (χ0v) is 15.4. The smallest absolute Gasteiger partial charge is 0.193 e. The monoisotopic (exact) mass is 341 g/mol. The summed E-state index contributed by atoms with van der Waals surface area (Å²) < 4.78 is 0. The van der Waals surface area contributed by atoms with E-state index in [4.69, 9.17) is 4.99 Å². The van der Waals surface area contributed by atoms with E-state index in [2.05, 4.69) is 72.0 Å². The average Bonchev–Trinajstić information content (AvgIpc) is 3.20. The summed E-state index contributed by atoms with van der Waals surface area (Å²) in [6.45, 7) is 4.96. The molecule has 0 amide bonds. The fraction of sp³-hybridized carbons (Fsp3) is 0.450. The van der Waals surface area contributed by atoms with Crippen LogP contribution in [0.4, 0.5) is 0 Å². The molecule has 1 saturated carbocycles. The van der Waals surface area contributed by atoms with E-state index in [0.29, 0.717) is 11.8 Å². The topological polar surface area (TPSA) is 27.6 Å². The van der Waals surface area contributed by atoms with E-state index in [9.17, 15) is 0 Å². The molecule has 24 heavy (non-hydrogen) atoms. The summed E-state index contributed by atoms with van der Waals surface area (Å²) in [4.78, 5) is 8.57. The number of hydrogen-bond acceptors (Lipinski definition) is 2. The van der Waals surface area contributed by atoms with Gasteiger partial charge in [-0.15, -0.1) is 11.3 Å². The Morgan fingerprint density at radius 2 is 2.08 bits per heavy atom. The second kappa shape index (κ2) is 8.34. The van der Waals surface area contributed by atoms with Gasteiger partial charge in [0.2, 0.25) is 0 Å². The zero-order valence-electron chi connectivity index (χ0n) is 14.6. The third-order valence-electron chi connectivity index (χ3n) is 4.60. The number of thiophene rings is 1. The maximum atomic E-state index is 4.89. The fourth-order valence-electron chi connectivity index (χ4n) is 3.07. The Balaban J connectivity index is 1.52. The summed E-state index contributed by atoms with van der Waals surface area (Å²) >= 11 is 1.83. The molecule has 0 saturated heterocycles. The Kier molecular flexibility index (Phi) is 5.91. The first-order valence-corrected chi connectivity index (χ1v) is 9.72. The Morgan fingerprint density at radius 1 is 1.25 bits per heavy atom. The minimum Gasteiger partial charge on any atom is -0.357 e. The van der Waals surface area contributed by atoms with Crippen LogP contribution >= 0.6 is 11.3 Å². The number of nitrogens with zero attached hydrogens (tertiary/aromatic N) is 2. The van der Waals surface area contributed by atoms with Crippen molar-refractivity contribution in [2.75, 3.05) is 26.7 Å². The van der Waals surface area contributed by atoms with E-state index in [1.165, 1.54) is 16.9 Å². The van der Waals surface area contributed by atoms with Gasteiger partial charge in [0.25, 0.3) is 0 Å². The molecule has 1 aliphatic carbocycles. The van der Waals surface area contributed by atoms with Gasteiger partial charge in [-0.1, -0.05) is 36.4 Å². The van der Waals surface area contributed by atoms with Crippen LogP contribution < -0.4 is 5.32 Å². The molecule has 4 heteroatoms. The van der Waals surface area contributed by atoms with Crippen LogP contribution in [-0.2, 0) is 6.42 Å². The minimum absolute atomic E-state index is 0.701. The molecule has 1 aliphatic rings. The zero-order chi connectivity index (χ0) is 16.8. The second-order valence-corrected chi connectivity index (χ2v) is 7.49. The molecule has 2 unspecified atom stereocenters. The lowest BCUT2D eigenvalue weighted by Crippen LogP contribution is -2.40. The number of rotatable bonds is 7. The van der Waals surface area contributed by atoms with E-state index in [1.54, 1.807) is 0 Å². The molecule has 1 fully saturated rings. The highest BCUT2D eigenvalue weighted by Gasteiger charge is 2.37. The normalized spacial score (nSPS) is 20.0. The van der Waals surface area contributed by atoms with Crippen molar-refractivity contribution in [2.45, 2.75) is 25.7 Å². The lowest BCUT2D eigenvalue weighted by molar-refractivity contribution is 0.486. The number of aliphatic imine (C=N–C) groups is 1. The highest BCUT2D eigenvalue weighted by atomic mass is 32.1. The van der Waals surface area contributed by atoms with Crippen LogP contribution in [0.2, 0.25) is 0 Å². The number of nitrogens with one attached hydrogen (secondary N) is 1. The van der Waals surface area contributed by atoms with Gasteiger partial charge < -0.3 is 10.2 Å². The van der Waals surface area contributed by atoms with Crippen LogP contribution in [0, 0.1) is 5.92 Å². The first-order valence-electron chi connectivity index (χ1n) is 8.84. The van der Waals surface area contributed by atoms with Crippen LogP contribution in [0.1, 0.15) is 29.7 Å². The van der Waals surface area contributed by atoms with E-state index in [-0.39, 0.29) is 0 Å². The summed E-state index contributed by atoms with van der Waals surface area (Å²) in [6.07, 6.45) is 2.35. The lowest BCUT2D eigenvalue weighted by atomic mass is 10.1. The molecule has 3 nitrogen and oxygen atoms in total. The van der Waals surface area contributed by atoms with E-state index >= 15 is 0 Å². The molecule has 128 valence electrons. The molecule has 2 atom stereocenters. The fourth-order valence-corrected chi connectivity index (χ4v) is 3.77. The molecule has 0 bridgehead atoms.